The van der Waals surface area contributed by atoms with Crippen molar-refractivity contribution in [3.63, 3.8) is 0 Å². The summed E-state index contributed by atoms with van der Waals surface area (Å²) in [5.74, 6) is -1.16. The zero-order valence-corrected chi connectivity index (χ0v) is 24.0. The molecular formula is C29H30ClF3N6O3. The molecule has 42 heavy (non-hydrogen) atoms. The number of aromatic nitrogens is 2. The van der Waals surface area contributed by atoms with Crippen LogP contribution in [-0.2, 0) is 28.9 Å². The number of carbonyl (C=O) groups excluding carboxylic acids is 2. The lowest BCUT2D eigenvalue weighted by Gasteiger charge is -2.31. The van der Waals surface area contributed by atoms with Crippen molar-refractivity contribution in [1.82, 2.24) is 15.3 Å². The second-order valence-electron chi connectivity index (χ2n) is 10.5. The lowest BCUT2D eigenvalue weighted by Crippen LogP contribution is -2.46. The predicted octanol–water partition coefficient (Wildman–Crippen LogP) is 4.39. The van der Waals surface area contributed by atoms with Crippen LogP contribution >= 0.6 is 11.6 Å². The number of halogens is 4. The van der Waals surface area contributed by atoms with Gasteiger partial charge >= 0.3 is 6.18 Å². The van der Waals surface area contributed by atoms with Crippen LogP contribution in [0.2, 0.25) is 5.02 Å². The van der Waals surface area contributed by atoms with Crippen molar-refractivity contribution >= 4 is 40.6 Å². The second kappa shape index (κ2) is 11.5. The van der Waals surface area contributed by atoms with Gasteiger partial charge in [0, 0.05) is 45.5 Å². The van der Waals surface area contributed by atoms with Crippen molar-refractivity contribution in [2.45, 2.75) is 51.1 Å². The molecule has 4 heterocycles. The summed E-state index contributed by atoms with van der Waals surface area (Å²) >= 11 is 6.64. The van der Waals surface area contributed by atoms with Crippen molar-refractivity contribution in [1.29, 1.82) is 0 Å². The monoisotopic (exact) mass is 602 g/mol. The van der Waals surface area contributed by atoms with E-state index in [9.17, 15) is 27.9 Å². The maximum absolute atomic E-state index is 13.9. The van der Waals surface area contributed by atoms with Crippen LogP contribution in [0.25, 0.3) is 0 Å². The zero-order valence-electron chi connectivity index (χ0n) is 23.2. The highest BCUT2D eigenvalue weighted by Crippen LogP contribution is 2.39. The summed E-state index contributed by atoms with van der Waals surface area (Å²) in [6.45, 7) is 2.37. The first-order chi connectivity index (χ1) is 19.9. The summed E-state index contributed by atoms with van der Waals surface area (Å²) in [6, 6.07) is 7.61. The van der Waals surface area contributed by atoms with Crippen LogP contribution in [0, 0.1) is 6.92 Å². The van der Waals surface area contributed by atoms with E-state index in [0.29, 0.717) is 29.5 Å². The minimum absolute atomic E-state index is 0.000843. The highest BCUT2D eigenvalue weighted by Gasteiger charge is 2.41. The van der Waals surface area contributed by atoms with Gasteiger partial charge in [0.15, 0.2) is 0 Å². The number of nitrogens with zero attached hydrogens (tertiary/aromatic N) is 5. The first-order valence-electron chi connectivity index (χ1n) is 13.4. The molecule has 222 valence electrons. The molecule has 2 amide bonds. The average Bonchev–Trinajstić information content (AvgIpc) is 3.53. The van der Waals surface area contributed by atoms with Crippen LogP contribution in [-0.4, -0.2) is 53.6 Å². The summed E-state index contributed by atoms with van der Waals surface area (Å²) in [6.07, 6.45) is -2.76. The van der Waals surface area contributed by atoms with Gasteiger partial charge in [0.05, 0.1) is 40.3 Å². The Labute approximate surface area is 245 Å². The number of aliphatic hydroxyl groups is 1. The number of pyridine rings is 2. The Balaban J connectivity index is 1.42. The molecule has 2 aliphatic rings. The second-order valence-corrected chi connectivity index (χ2v) is 10.9. The molecule has 1 aromatic carbocycles. The Morgan fingerprint density at radius 2 is 2.00 bits per heavy atom. The van der Waals surface area contributed by atoms with Gasteiger partial charge in [-0.25, -0.2) is 4.98 Å². The summed E-state index contributed by atoms with van der Waals surface area (Å²) in [7, 11) is 3.38. The molecule has 3 aromatic rings. The maximum atomic E-state index is 13.9. The topological polar surface area (TPSA) is 102 Å². The number of carbonyl (C=O) groups is 2. The molecule has 1 saturated heterocycles. The molecule has 2 atom stereocenters. The molecule has 9 nitrogen and oxygen atoms in total. The fourth-order valence-corrected chi connectivity index (χ4v) is 5.90. The van der Waals surface area contributed by atoms with E-state index in [-0.39, 0.29) is 37.0 Å². The predicted molar refractivity (Wildman–Crippen MR) is 152 cm³/mol. The number of hydrogen-bond acceptors (Lipinski definition) is 7. The standard InChI is InChI=1S/C29H30ClF3N6O3/c1-16-9-19(29(31,32)33)11-24(36-16)39-23(7-8-25(39)41)28(42)38(3)22-6-4-5-20(30)27(22)37(2)14-17-10-18-13-34-21(15-40)26(18)35-12-17/h4-6,9-12,21,23,34,40H,7-8,13-15H2,1-3H3/t21?,23-/m0/s1. The first-order valence-corrected chi connectivity index (χ1v) is 13.7. The van der Waals surface area contributed by atoms with Gasteiger partial charge in [-0.15, -0.1) is 0 Å². The van der Waals surface area contributed by atoms with Gasteiger partial charge in [0.25, 0.3) is 0 Å². The van der Waals surface area contributed by atoms with Crippen LogP contribution in [0.15, 0.2) is 42.6 Å². The van der Waals surface area contributed by atoms with Crippen LogP contribution in [0.4, 0.5) is 30.4 Å². The summed E-state index contributed by atoms with van der Waals surface area (Å²) in [5.41, 5.74) is 2.89. The van der Waals surface area contributed by atoms with Crippen molar-refractivity contribution in [3.8, 4) is 0 Å². The molecule has 0 bridgehead atoms. The Morgan fingerprint density at radius 1 is 1.24 bits per heavy atom. The lowest BCUT2D eigenvalue weighted by molar-refractivity contribution is -0.137. The van der Waals surface area contributed by atoms with E-state index in [4.69, 9.17) is 11.6 Å². The SMILES string of the molecule is Cc1cc(C(F)(F)F)cc(N2C(=O)CC[C@H]2C(=O)N(C)c2cccc(Cl)c2N(C)Cc2cnc3c(c2)CNC3CO)n1. The lowest BCUT2D eigenvalue weighted by atomic mass is 10.1. The van der Waals surface area contributed by atoms with Crippen LogP contribution < -0.4 is 20.0 Å². The number of amides is 2. The molecule has 2 N–H and O–H groups in total. The quantitative estimate of drug-likeness (QED) is 0.414. The van der Waals surface area contributed by atoms with Crippen molar-refractivity contribution < 1.29 is 27.9 Å². The summed E-state index contributed by atoms with van der Waals surface area (Å²) in [4.78, 5) is 39.7. The molecule has 0 aliphatic carbocycles. The molecule has 5 rings (SSSR count). The molecule has 2 aromatic heterocycles. The summed E-state index contributed by atoms with van der Waals surface area (Å²) < 4.78 is 40.5. The maximum Gasteiger partial charge on any atom is 0.416 e. The number of aryl methyl sites for hydroxylation is 1. The third-order valence-electron chi connectivity index (χ3n) is 7.58. The van der Waals surface area contributed by atoms with Crippen LogP contribution in [0.3, 0.4) is 0 Å². The van der Waals surface area contributed by atoms with E-state index in [1.807, 2.05) is 18.0 Å². The van der Waals surface area contributed by atoms with E-state index in [2.05, 4.69) is 15.3 Å². The highest BCUT2D eigenvalue weighted by molar-refractivity contribution is 6.34. The van der Waals surface area contributed by atoms with Crippen LogP contribution in [0.5, 0.6) is 0 Å². The smallest absolute Gasteiger partial charge is 0.394 e. The Bertz CT molecular complexity index is 1530. The number of fused-ring (bicyclic) bond motifs is 1. The normalized spacial score (nSPS) is 18.4. The van der Waals surface area contributed by atoms with E-state index >= 15 is 0 Å². The average molecular weight is 603 g/mol. The largest absolute Gasteiger partial charge is 0.416 e. The van der Waals surface area contributed by atoms with E-state index in [0.717, 1.165) is 33.9 Å². The fourth-order valence-electron chi connectivity index (χ4n) is 5.58. The molecule has 1 fully saturated rings. The Kier molecular flexibility index (Phi) is 8.15. The molecule has 0 spiro atoms. The Hall–Kier alpha value is -3.74. The van der Waals surface area contributed by atoms with Crippen molar-refractivity contribution in [2.75, 3.05) is 35.4 Å². The fraction of sp³-hybridized carbons (Fsp3) is 0.379. The van der Waals surface area contributed by atoms with Gasteiger partial charge in [-0.2, -0.15) is 13.2 Å². The minimum atomic E-state index is -4.63. The van der Waals surface area contributed by atoms with Gasteiger partial charge in [0.1, 0.15) is 11.9 Å². The number of rotatable bonds is 7. The summed E-state index contributed by atoms with van der Waals surface area (Å²) in [5, 5.41) is 13.1. The van der Waals surface area contributed by atoms with Gasteiger partial charge in [-0.3, -0.25) is 19.5 Å². The highest BCUT2D eigenvalue weighted by atomic mass is 35.5. The number of alkyl halides is 3. The van der Waals surface area contributed by atoms with Gasteiger partial charge in [-0.1, -0.05) is 17.7 Å². The van der Waals surface area contributed by atoms with E-state index in [1.165, 1.54) is 11.8 Å². The molecule has 0 saturated carbocycles. The number of nitrogens with one attached hydrogen (secondary N) is 1. The zero-order chi connectivity index (χ0) is 30.3. The van der Waals surface area contributed by atoms with E-state index in [1.54, 1.807) is 31.4 Å². The van der Waals surface area contributed by atoms with E-state index < -0.39 is 29.6 Å². The number of para-hydroxylation sites is 1. The molecule has 0 radical (unpaired) electrons. The molecule has 2 aliphatic heterocycles. The third-order valence-corrected chi connectivity index (χ3v) is 7.88. The number of aliphatic hydroxyl groups excluding tert-OH is 1. The minimum Gasteiger partial charge on any atom is -0.394 e. The first kappa shape index (κ1) is 29.7. The van der Waals surface area contributed by atoms with Gasteiger partial charge in [-0.05, 0) is 54.8 Å². The van der Waals surface area contributed by atoms with Crippen molar-refractivity contribution in [3.05, 3.63) is 75.7 Å². The Morgan fingerprint density at radius 3 is 2.71 bits per heavy atom. The number of benzene rings is 1. The number of likely N-dealkylation sites (N-methyl/N-ethyl adjacent to an activating group) is 1. The molecule has 1 unspecified atom stereocenters. The van der Waals surface area contributed by atoms with Gasteiger partial charge in [0.2, 0.25) is 11.8 Å². The number of anilines is 3. The van der Waals surface area contributed by atoms with Gasteiger partial charge < -0.3 is 20.2 Å². The molecular weight excluding hydrogens is 573 g/mol. The third kappa shape index (κ3) is 5.66. The van der Waals surface area contributed by atoms with Crippen LogP contribution in [0.1, 0.15) is 47.0 Å². The molecule has 13 heteroatoms. The number of hydrogen-bond donors (Lipinski definition) is 2. The van der Waals surface area contributed by atoms with Crippen molar-refractivity contribution in [2.24, 2.45) is 0 Å².